The summed E-state index contributed by atoms with van der Waals surface area (Å²) in [5, 5.41) is 12.9. The molecule has 2 aromatic rings. The highest BCUT2D eigenvalue weighted by atomic mass is 19.1. The number of furan rings is 1. The first-order valence-electron chi connectivity index (χ1n) is 8.32. The third-order valence-electron chi connectivity index (χ3n) is 4.31. The fourth-order valence-corrected chi connectivity index (χ4v) is 3.13. The Morgan fingerprint density at radius 3 is 2.50 bits per heavy atom. The van der Waals surface area contributed by atoms with E-state index < -0.39 is 23.3 Å². The zero-order valence-corrected chi connectivity index (χ0v) is 14.8. The molecule has 2 heterocycles. The van der Waals surface area contributed by atoms with Gasteiger partial charge in [-0.15, -0.1) is 0 Å². The van der Waals surface area contributed by atoms with Crippen LogP contribution in [0.25, 0.3) is 0 Å². The molecule has 0 spiro atoms. The maximum absolute atomic E-state index is 13.0. The van der Waals surface area contributed by atoms with Gasteiger partial charge in [0.25, 0.3) is 5.91 Å². The lowest BCUT2D eigenvalue weighted by molar-refractivity contribution is -0.118. The molecule has 1 aliphatic rings. The van der Waals surface area contributed by atoms with Crippen molar-refractivity contribution in [2.75, 3.05) is 0 Å². The highest BCUT2D eigenvalue weighted by Gasteiger charge is 2.41. The molecule has 1 aromatic carbocycles. The van der Waals surface area contributed by atoms with E-state index in [4.69, 9.17) is 4.42 Å². The van der Waals surface area contributed by atoms with Crippen molar-refractivity contribution in [1.82, 2.24) is 5.32 Å². The average molecular weight is 357 g/mol. The van der Waals surface area contributed by atoms with Gasteiger partial charge in [0.2, 0.25) is 5.78 Å². The van der Waals surface area contributed by atoms with Crippen molar-refractivity contribution in [1.29, 1.82) is 0 Å². The average Bonchev–Trinajstić information content (AvgIpc) is 3.12. The Kier molecular flexibility index (Phi) is 4.54. The Labute approximate surface area is 150 Å². The van der Waals surface area contributed by atoms with Crippen molar-refractivity contribution in [3.05, 3.63) is 70.4 Å². The second-order valence-corrected chi connectivity index (χ2v) is 6.94. The molecular formula is C20H20FNO4. The molecule has 5 nitrogen and oxygen atoms in total. The summed E-state index contributed by atoms with van der Waals surface area (Å²) in [7, 11) is 0. The summed E-state index contributed by atoms with van der Waals surface area (Å²) in [6.45, 7) is 4.62. The number of hydrogen-bond donors (Lipinski definition) is 2. The van der Waals surface area contributed by atoms with Crippen LogP contribution in [0, 0.1) is 5.82 Å². The molecule has 3 rings (SSSR count). The van der Waals surface area contributed by atoms with Crippen LogP contribution in [0.15, 0.2) is 52.0 Å². The molecule has 0 aliphatic carbocycles. The minimum Gasteiger partial charge on any atom is -0.457 e. The number of amides is 1. The van der Waals surface area contributed by atoms with Crippen LogP contribution in [0.2, 0.25) is 0 Å². The van der Waals surface area contributed by atoms with E-state index in [1.807, 2.05) is 0 Å². The van der Waals surface area contributed by atoms with Gasteiger partial charge in [-0.2, -0.15) is 0 Å². The van der Waals surface area contributed by atoms with Crippen molar-refractivity contribution in [3.8, 4) is 0 Å². The first-order valence-corrected chi connectivity index (χ1v) is 8.32. The van der Waals surface area contributed by atoms with Gasteiger partial charge in [0.05, 0.1) is 17.2 Å². The van der Waals surface area contributed by atoms with Gasteiger partial charge < -0.3 is 14.8 Å². The molecule has 0 radical (unpaired) electrons. The van der Waals surface area contributed by atoms with Gasteiger partial charge >= 0.3 is 0 Å². The molecule has 136 valence electrons. The van der Waals surface area contributed by atoms with E-state index in [0.29, 0.717) is 12.2 Å². The van der Waals surface area contributed by atoms with E-state index in [1.54, 1.807) is 31.2 Å². The molecule has 0 saturated heterocycles. The number of hydrogen-bond acceptors (Lipinski definition) is 4. The van der Waals surface area contributed by atoms with E-state index in [2.05, 4.69) is 5.32 Å². The van der Waals surface area contributed by atoms with Gasteiger partial charge in [-0.05, 0) is 50.6 Å². The van der Waals surface area contributed by atoms with Gasteiger partial charge in [-0.1, -0.05) is 12.1 Å². The monoisotopic (exact) mass is 357 g/mol. The van der Waals surface area contributed by atoms with Crippen LogP contribution in [-0.4, -0.2) is 28.4 Å². The van der Waals surface area contributed by atoms with Crippen LogP contribution < -0.4 is 5.32 Å². The topological polar surface area (TPSA) is 79.5 Å². The molecule has 6 heteroatoms. The van der Waals surface area contributed by atoms with Crippen LogP contribution in [0.3, 0.4) is 0 Å². The summed E-state index contributed by atoms with van der Waals surface area (Å²) in [4.78, 5) is 25.0. The minimum absolute atomic E-state index is 0.0616. The third-order valence-corrected chi connectivity index (χ3v) is 4.31. The van der Waals surface area contributed by atoms with Gasteiger partial charge in [-0.3, -0.25) is 9.59 Å². The highest BCUT2D eigenvalue weighted by molar-refractivity contribution is 6.16. The molecule has 0 bridgehead atoms. The largest absolute Gasteiger partial charge is 0.457 e. The van der Waals surface area contributed by atoms with Crippen molar-refractivity contribution < 1.29 is 23.5 Å². The number of halogens is 1. The summed E-state index contributed by atoms with van der Waals surface area (Å²) >= 11 is 0. The molecule has 1 atom stereocenters. The van der Waals surface area contributed by atoms with Gasteiger partial charge in [-0.25, -0.2) is 4.39 Å². The molecule has 1 amide bonds. The van der Waals surface area contributed by atoms with Crippen LogP contribution >= 0.6 is 0 Å². The molecule has 1 unspecified atom stereocenters. The van der Waals surface area contributed by atoms with E-state index in [9.17, 15) is 19.1 Å². The first kappa shape index (κ1) is 18.1. The van der Waals surface area contributed by atoms with Crippen LogP contribution in [0.5, 0.6) is 0 Å². The maximum Gasteiger partial charge on any atom is 0.251 e. The molecular weight excluding hydrogens is 337 g/mol. The zero-order chi connectivity index (χ0) is 19.1. The summed E-state index contributed by atoms with van der Waals surface area (Å²) in [6.07, 6.45) is 0.414. The second-order valence-electron chi connectivity index (χ2n) is 6.94. The van der Waals surface area contributed by atoms with Gasteiger partial charge in [0, 0.05) is 12.0 Å². The minimum atomic E-state index is -1.44. The Bertz CT molecular complexity index is 887. The molecule has 0 fully saturated rings. The molecule has 0 saturated carbocycles. The van der Waals surface area contributed by atoms with E-state index in [-0.39, 0.29) is 22.7 Å². The number of ketones is 1. The zero-order valence-electron chi connectivity index (χ0n) is 14.8. The smallest absolute Gasteiger partial charge is 0.251 e. The molecule has 2 N–H and O–H groups in total. The fraction of sp³-hybridized carbons (Fsp3) is 0.300. The molecule has 1 aromatic heterocycles. The summed E-state index contributed by atoms with van der Waals surface area (Å²) in [5.74, 6) is -0.551. The Morgan fingerprint density at radius 2 is 1.88 bits per heavy atom. The fourth-order valence-electron chi connectivity index (χ4n) is 3.13. The third kappa shape index (κ3) is 3.46. The number of benzene rings is 1. The number of rotatable bonds is 5. The number of carbonyl (C=O) groups excluding carboxylic acids is 2. The lowest BCUT2D eigenvalue weighted by Crippen LogP contribution is -2.31. The van der Waals surface area contributed by atoms with Crippen molar-refractivity contribution in [2.24, 2.45) is 0 Å². The van der Waals surface area contributed by atoms with Gasteiger partial charge in [0.1, 0.15) is 11.6 Å². The summed E-state index contributed by atoms with van der Waals surface area (Å²) in [6, 6.07) is 8.74. The van der Waals surface area contributed by atoms with E-state index in [1.165, 1.54) is 26.0 Å². The Hall–Kier alpha value is -2.73. The van der Waals surface area contributed by atoms with Crippen molar-refractivity contribution in [3.63, 3.8) is 0 Å². The number of Topliss-reactive ketones (excluding diaryl/α,β-unsaturated/α-hetero) is 1. The van der Waals surface area contributed by atoms with Crippen molar-refractivity contribution in [2.45, 2.75) is 38.8 Å². The first-order chi connectivity index (χ1) is 12.2. The summed E-state index contributed by atoms with van der Waals surface area (Å²) < 4.78 is 18.6. The highest BCUT2D eigenvalue weighted by Crippen LogP contribution is 2.30. The SMILES string of the molecule is CC1NC(=O)C(C(C)(C)O)=C1C(=O)c1ccc(Cc2ccc(F)cc2)o1. The Balaban J connectivity index is 1.88. The quantitative estimate of drug-likeness (QED) is 0.807. The Morgan fingerprint density at radius 1 is 1.23 bits per heavy atom. The van der Waals surface area contributed by atoms with Crippen LogP contribution in [0.4, 0.5) is 4.39 Å². The predicted molar refractivity (Wildman–Crippen MR) is 93.2 cm³/mol. The normalized spacial score (nSPS) is 17.6. The van der Waals surface area contributed by atoms with E-state index >= 15 is 0 Å². The van der Waals surface area contributed by atoms with Crippen LogP contribution in [-0.2, 0) is 11.2 Å². The van der Waals surface area contributed by atoms with E-state index in [0.717, 1.165) is 5.56 Å². The standard InChI is InChI=1S/C20H20FNO4/c1-11-16(17(19(24)22-11)20(2,3)25)18(23)15-9-8-14(26-15)10-12-4-6-13(21)7-5-12/h4-9,11,25H,10H2,1-3H3,(H,22,24). The summed E-state index contributed by atoms with van der Waals surface area (Å²) in [5.41, 5.74) is -0.317. The van der Waals surface area contributed by atoms with Crippen molar-refractivity contribution >= 4 is 11.7 Å². The molecule has 26 heavy (non-hydrogen) atoms. The van der Waals surface area contributed by atoms with Gasteiger partial charge in [0.15, 0.2) is 5.76 Å². The lowest BCUT2D eigenvalue weighted by Gasteiger charge is -2.18. The maximum atomic E-state index is 13.0. The lowest BCUT2D eigenvalue weighted by atomic mass is 9.90. The number of carbonyl (C=O) groups is 2. The predicted octanol–water partition coefficient (Wildman–Crippen LogP) is 2.78. The second kappa shape index (κ2) is 6.53. The number of nitrogens with one attached hydrogen (secondary N) is 1. The number of aliphatic hydroxyl groups is 1. The molecule has 1 aliphatic heterocycles. The van der Waals surface area contributed by atoms with Crippen LogP contribution in [0.1, 0.15) is 42.6 Å².